The lowest BCUT2D eigenvalue weighted by Crippen LogP contribution is -2.26. The molecule has 3 rings (SSSR count). The fraction of sp³-hybridized carbons (Fsp3) is 0.150. The summed E-state index contributed by atoms with van der Waals surface area (Å²) in [5.41, 5.74) is 0.915. The molecule has 5 nitrogen and oxygen atoms in total. The van der Waals surface area contributed by atoms with Crippen LogP contribution in [0.5, 0.6) is 0 Å². The van der Waals surface area contributed by atoms with Gasteiger partial charge in [-0.15, -0.1) is 0 Å². The highest BCUT2D eigenvalue weighted by molar-refractivity contribution is 5.92. The number of nitrogens with one attached hydrogen (secondary N) is 2. The number of halogens is 3. The van der Waals surface area contributed by atoms with Gasteiger partial charge in [0, 0.05) is 12.7 Å². The van der Waals surface area contributed by atoms with Crippen LogP contribution >= 0.6 is 0 Å². The normalized spacial score (nSPS) is 10.5. The molecular weight excluding hydrogens is 369 g/mol. The molecule has 0 spiro atoms. The molecule has 2 N–H and O–H groups in total. The Bertz CT molecular complexity index is 967. The molecule has 1 amide bonds. The van der Waals surface area contributed by atoms with Gasteiger partial charge < -0.3 is 10.6 Å². The van der Waals surface area contributed by atoms with Gasteiger partial charge in [0.1, 0.15) is 5.69 Å². The first-order valence-corrected chi connectivity index (χ1v) is 8.60. The van der Waals surface area contributed by atoms with Gasteiger partial charge in [-0.25, -0.2) is 23.1 Å². The molecule has 2 aromatic carbocycles. The van der Waals surface area contributed by atoms with Crippen molar-refractivity contribution in [3.63, 3.8) is 0 Å². The van der Waals surface area contributed by atoms with Crippen molar-refractivity contribution in [2.24, 2.45) is 0 Å². The van der Waals surface area contributed by atoms with Crippen LogP contribution in [0.3, 0.4) is 0 Å². The molecule has 0 saturated carbocycles. The van der Waals surface area contributed by atoms with E-state index in [9.17, 15) is 18.0 Å². The van der Waals surface area contributed by atoms with Crippen molar-refractivity contribution in [3.05, 3.63) is 83.4 Å². The van der Waals surface area contributed by atoms with E-state index >= 15 is 0 Å². The molecule has 8 heteroatoms. The molecule has 144 valence electrons. The SMILES string of the molecule is O=C(NCCCc1ccccc1)c1ccnc(Nc2ccc(F)c(F)c2F)n1. The first-order valence-electron chi connectivity index (χ1n) is 8.60. The average Bonchev–Trinajstić information content (AvgIpc) is 2.72. The number of nitrogens with zero attached hydrogens (tertiary/aromatic N) is 2. The van der Waals surface area contributed by atoms with Gasteiger partial charge in [0.2, 0.25) is 5.95 Å². The van der Waals surface area contributed by atoms with Crippen molar-refractivity contribution in [1.29, 1.82) is 0 Å². The molecule has 0 atom stereocenters. The summed E-state index contributed by atoms with van der Waals surface area (Å²) >= 11 is 0. The van der Waals surface area contributed by atoms with Crippen LogP contribution in [0.4, 0.5) is 24.8 Å². The number of anilines is 2. The molecule has 0 aliphatic carbocycles. The van der Waals surface area contributed by atoms with Gasteiger partial charge in [-0.2, -0.15) is 0 Å². The number of benzene rings is 2. The molecule has 28 heavy (non-hydrogen) atoms. The summed E-state index contributed by atoms with van der Waals surface area (Å²) in [5, 5.41) is 5.19. The summed E-state index contributed by atoms with van der Waals surface area (Å²) < 4.78 is 40.0. The van der Waals surface area contributed by atoms with E-state index in [1.165, 1.54) is 17.8 Å². The fourth-order valence-corrected chi connectivity index (χ4v) is 2.52. The van der Waals surface area contributed by atoms with Gasteiger partial charge in [-0.05, 0) is 36.6 Å². The second kappa shape index (κ2) is 8.98. The zero-order valence-electron chi connectivity index (χ0n) is 14.8. The maximum atomic E-state index is 13.7. The highest BCUT2D eigenvalue weighted by atomic mass is 19.2. The Labute approximate surface area is 159 Å². The number of aromatic nitrogens is 2. The predicted octanol–water partition coefficient (Wildman–Crippen LogP) is 4.00. The smallest absolute Gasteiger partial charge is 0.270 e. The minimum Gasteiger partial charge on any atom is -0.351 e. The molecule has 0 saturated heterocycles. The first kappa shape index (κ1) is 19.3. The van der Waals surface area contributed by atoms with Crippen molar-refractivity contribution in [1.82, 2.24) is 15.3 Å². The van der Waals surface area contributed by atoms with E-state index in [4.69, 9.17) is 0 Å². The van der Waals surface area contributed by atoms with E-state index in [0.717, 1.165) is 25.0 Å². The number of hydrogen-bond donors (Lipinski definition) is 2. The Kier molecular flexibility index (Phi) is 6.21. The van der Waals surface area contributed by atoms with Crippen LogP contribution in [0, 0.1) is 17.5 Å². The van der Waals surface area contributed by atoms with E-state index in [-0.39, 0.29) is 17.3 Å². The number of carbonyl (C=O) groups is 1. The minimum absolute atomic E-state index is 0.0696. The van der Waals surface area contributed by atoms with Gasteiger partial charge in [-0.1, -0.05) is 30.3 Å². The Balaban J connectivity index is 1.58. The molecule has 0 aliphatic rings. The second-order valence-corrected chi connectivity index (χ2v) is 5.96. The van der Waals surface area contributed by atoms with Crippen molar-refractivity contribution in [2.45, 2.75) is 12.8 Å². The van der Waals surface area contributed by atoms with E-state index in [0.29, 0.717) is 6.54 Å². The lowest BCUT2D eigenvalue weighted by atomic mass is 10.1. The van der Waals surface area contributed by atoms with Crippen LogP contribution in [0.15, 0.2) is 54.7 Å². The van der Waals surface area contributed by atoms with E-state index in [1.54, 1.807) is 0 Å². The summed E-state index contributed by atoms with van der Waals surface area (Å²) in [6.07, 6.45) is 2.89. The van der Waals surface area contributed by atoms with Crippen LogP contribution < -0.4 is 10.6 Å². The molecule has 3 aromatic rings. The molecular formula is C20H17F3N4O. The zero-order valence-corrected chi connectivity index (χ0v) is 14.8. The van der Waals surface area contributed by atoms with Crippen LogP contribution in [0.2, 0.25) is 0 Å². The monoisotopic (exact) mass is 386 g/mol. The first-order chi connectivity index (χ1) is 13.5. The molecule has 0 bridgehead atoms. The van der Waals surface area contributed by atoms with Crippen molar-refractivity contribution in [3.8, 4) is 0 Å². The van der Waals surface area contributed by atoms with Gasteiger partial charge in [0.05, 0.1) is 5.69 Å². The van der Waals surface area contributed by atoms with Crippen molar-refractivity contribution < 1.29 is 18.0 Å². The Morgan fingerprint density at radius 3 is 2.54 bits per heavy atom. The summed E-state index contributed by atoms with van der Waals surface area (Å²) in [6.45, 7) is 0.457. The van der Waals surface area contributed by atoms with E-state index < -0.39 is 23.4 Å². The van der Waals surface area contributed by atoms with Crippen molar-refractivity contribution in [2.75, 3.05) is 11.9 Å². The molecule has 1 aromatic heterocycles. The quantitative estimate of drug-likeness (QED) is 0.476. The average molecular weight is 386 g/mol. The van der Waals surface area contributed by atoms with E-state index in [1.807, 2.05) is 30.3 Å². The molecule has 0 radical (unpaired) electrons. The second-order valence-electron chi connectivity index (χ2n) is 5.96. The van der Waals surface area contributed by atoms with Crippen LogP contribution in [-0.4, -0.2) is 22.4 Å². The summed E-state index contributed by atoms with van der Waals surface area (Å²) in [7, 11) is 0. The van der Waals surface area contributed by atoms with E-state index in [2.05, 4.69) is 20.6 Å². The number of hydrogen-bond acceptors (Lipinski definition) is 4. The topological polar surface area (TPSA) is 66.9 Å². The summed E-state index contributed by atoms with van der Waals surface area (Å²) in [6, 6.07) is 13.1. The standard InChI is InChI=1S/C20H17F3N4O/c21-14-8-9-15(18(23)17(14)22)26-20-25-12-10-16(27-20)19(28)24-11-4-7-13-5-2-1-3-6-13/h1-3,5-6,8-10,12H,4,7,11H2,(H,24,28)(H,25,26,27). The Hall–Kier alpha value is -3.42. The molecule has 0 fully saturated rings. The van der Waals surface area contributed by atoms with Crippen molar-refractivity contribution >= 4 is 17.5 Å². The highest BCUT2D eigenvalue weighted by Crippen LogP contribution is 2.21. The maximum absolute atomic E-state index is 13.7. The summed E-state index contributed by atoms with van der Waals surface area (Å²) in [4.78, 5) is 20.1. The predicted molar refractivity (Wildman–Crippen MR) is 98.7 cm³/mol. The van der Waals surface area contributed by atoms with Crippen LogP contribution in [0.1, 0.15) is 22.5 Å². The summed E-state index contributed by atoms with van der Waals surface area (Å²) in [5.74, 6) is -4.81. The van der Waals surface area contributed by atoms with Gasteiger partial charge in [-0.3, -0.25) is 4.79 Å². The van der Waals surface area contributed by atoms with Gasteiger partial charge >= 0.3 is 0 Å². The number of rotatable bonds is 7. The lowest BCUT2D eigenvalue weighted by molar-refractivity contribution is 0.0948. The maximum Gasteiger partial charge on any atom is 0.270 e. The molecule has 1 heterocycles. The Morgan fingerprint density at radius 1 is 0.964 bits per heavy atom. The highest BCUT2D eigenvalue weighted by Gasteiger charge is 2.15. The number of carbonyl (C=O) groups excluding carboxylic acids is 1. The third-order valence-corrected chi connectivity index (χ3v) is 3.94. The third-order valence-electron chi connectivity index (χ3n) is 3.94. The lowest BCUT2D eigenvalue weighted by Gasteiger charge is -2.09. The fourth-order valence-electron chi connectivity index (χ4n) is 2.52. The molecule has 0 aliphatic heterocycles. The number of amides is 1. The zero-order chi connectivity index (χ0) is 19.9. The van der Waals surface area contributed by atoms with Crippen LogP contribution in [0.25, 0.3) is 0 Å². The number of aryl methyl sites for hydroxylation is 1. The minimum atomic E-state index is -1.60. The largest absolute Gasteiger partial charge is 0.351 e. The van der Waals surface area contributed by atoms with Crippen LogP contribution in [-0.2, 0) is 6.42 Å². The Morgan fingerprint density at radius 2 is 1.75 bits per heavy atom. The van der Waals surface area contributed by atoms with Gasteiger partial charge in [0.15, 0.2) is 17.5 Å². The van der Waals surface area contributed by atoms with Gasteiger partial charge in [0.25, 0.3) is 5.91 Å². The molecule has 0 unspecified atom stereocenters. The third kappa shape index (κ3) is 4.85.